The number of nitrogens with one attached hydrogen (secondary N) is 6. The van der Waals surface area contributed by atoms with Gasteiger partial charge in [-0.1, -0.05) is 169 Å². The molecule has 0 aromatic heterocycles. The van der Waals surface area contributed by atoms with Crippen LogP contribution in [-0.2, 0) is 32.0 Å². The van der Waals surface area contributed by atoms with Crippen LogP contribution in [0.4, 0.5) is 0 Å². The molecule has 4 amide bonds. The molecule has 0 aliphatic carbocycles. The lowest BCUT2D eigenvalue weighted by molar-refractivity contribution is -0.129. The molecule has 10 heteroatoms. The van der Waals surface area contributed by atoms with E-state index in [0.717, 1.165) is 84.7 Å². The smallest absolute Gasteiger partial charge is 0.242 e. The van der Waals surface area contributed by atoms with Gasteiger partial charge in [-0.2, -0.15) is 0 Å². The van der Waals surface area contributed by atoms with Crippen LogP contribution in [0.25, 0.3) is 22.3 Å². The van der Waals surface area contributed by atoms with Crippen LogP contribution in [0.15, 0.2) is 109 Å². The van der Waals surface area contributed by atoms with Crippen LogP contribution in [-0.4, -0.2) is 74.0 Å². The Balaban J connectivity index is 1.16. The largest absolute Gasteiger partial charge is 0.354 e. The van der Waals surface area contributed by atoms with Crippen molar-refractivity contribution in [2.45, 2.75) is 143 Å². The lowest BCUT2D eigenvalue weighted by Gasteiger charge is -2.20. The van der Waals surface area contributed by atoms with Crippen LogP contribution in [0.1, 0.15) is 117 Å². The van der Waals surface area contributed by atoms with E-state index in [-0.39, 0.29) is 42.1 Å². The van der Waals surface area contributed by atoms with E-state index in [4.69, 9.17) is 0 Å². The summed E-state index contributed by atoms with van der Waals surface area (Å²) in [6.07, 6.45) is 9.49. The van der Waals surface area contributed by atoms with E-state index < -0.39 is 12.1 Å². The summed E-state index contributed by atoms with van der Waals surface area (Å²) < 4.78 is 0. The maximum Gasteiger partial charge on any atom is 0.242 e. The normalized spacial score (nSPS) is 13.2. The van der Waals surface area contributed by atoms with E-state index in [1.54, 1.807) is 0 Å². The third kappa shape index (κ3) is 21.3. The van der Waals surface area contributed by atoms with Crippen molar-refractivity contribution in [3.05, 3.63) is 120 Å². The molecule has 0 spiro atoms. The predicted molar refractivity (Wildman–Crippen MR) is 272 cm³/mol. The molecular weight excluding hydrogens is 821 g/mol. The first kappa shape index (κ1) is 53.3. The average molecular weight is 901 g/mol. The topological polar surface area (TPSA) is 140 Å². The lowest BCUT2D eigenvalue weighted by atomic mass is 9.96. The van der Waals surface area contributed by atoms with Gasteiger partial charge in [0.05, 0.1) is 0 Å². The molecule has 4 rings (SSSR count). The molecule has 0 aliphatic heterocycles. The fraction of sp³-hybridized carbons (Fsp3) is 0.500. The van der Waals surface area contributed by atoms with Crippen molar-refractivity contribution in [2.24, 2.45) is 11.8 Å². The zero-order valence-corrected chi connectivity index (χ0v) is 40.8. The second kappa shape index (κ2) is 30.1. The number of unbranched alkanes of at least 4 members (excludes halogenated alkanes) is 2. The Bertz CT molecular complexity index is 1990. The number of benzene rings is 4. The molecular formula is C56H80N6O4. The zero-order valence-electron chi connectivity index (χ0n) is 40.8. The standard InChI is InChI=1S/C56H80N6O4/c1-41(2)17-13-15-35-59-55(65)52(40-46-27-31-50(32-28-46)48-21-11-8-12-22-48)62-54(64)34-38-58-44(6)24-23-43(5)18-14-16-36-60-56(66)51(61-53(63)33-37-57-42(3)4)39-45-25-29-49(30-26-45)47-19-9-7-10-20-47/h7-12,19-22,25-32,41-44,51-52,57-58H,13-18,23-24,33-40H2,1-6H3,(H,59,65)(H,60,66)(H,61,63)(H,62,64)/t43?,44?,51?,52-/m1/s1. The van der Waals surface area contributed by atoms with E-state index in [1.165, 1.54) is 0 Å². The first-order valence-electron chi connectivity index (χ1n) is 24.8. The highest BCUT2D eigenvalue weighted by atomic mass is 16.2. The summed E-state index contributed by atoms with van der Waals surface area (Å²) in [5.41, 5.74) is 6.48. The van der Waals surface area contributed by atoms with Gasteiger partial charge < -0.3 is 31.9 Å². The van der Waals surface area contributed by atoms with Gasteiger partial charge >= 0.3 is 0 Å². The predicted octanol–water partition coefficient (Wildman–Crippen LogP) is 9.18. The number of rotatable bonds is 31. The second-order valence-corrected chi connectivity index (χ2v) is 18.9. The van der Waals surface area contributed by atoms with Gasteiger partial charge in [-0.05, 0) is 77.8 Å². The fourth-order valence-corrected chi connectivity index (χ4v) is 8.00. The Morgan fingerprint density at radius 1 is 0.439 bits per heavy atom. The molecule has 3 unspecified atom stereocenters. The van der Waals surface area contributed by atoms with Gasteiger partial charge in [0.1, 0.15) is 12.1 Å². The van der Waals surface area contributed by atoms with Crippen LogP contribution in [0.5, 0.6) is 0 Å². The summed E-state index contributed by atoms with van der Waals surface area (Å²) in [6.45, 7) is 15.2. The van der Waals surface area contributed by atoms with Crippen molar-refractivity contribution in [2.75, 3.05) is 26.2 Å². The molecule has 0 saturated heterocycles. The summed E-state index contributed by atoms with van der Waals surface area (Å²) in [5.74, 6) is 0.576. The van der Waals surface area contributed by atoms with E-state index in [1.807, 2.05) is 74.5 Å². The van der Waals surface area contributed by atoms with Crippen molar-refractivity contribution in [3.8, 4) is 22.3 Å². The van der Waals surface area contributed by atoms with Gasteiger partial charge in [0, 0.05) is 63.9 Å². The monoisotopic (exact) mass is 901 g/mol. The number of carbonyl (C=O) groups excluding carboxylic acids is 4. The van der Waals surface area contributed by atoms with Crippen molar-refractivity contribution < 1.29 is 19.2 Å². The van der Waals surface area contributed by atoms with Gasteiger partial charge in [0.2, 0.25) is 23.6 Å². The molecule has 10 nitrogen and oxygen atoms in total. The highest BCUT2D eigenvalue weighted by molar-refractivity contribution is 5.88. The third-order valence-electron chi connectivity index (χ3n) is 12.1. The van der Waals surface area contributed by atoms with E-state index in [0.29, 0.717) is 57.3 Å². The Kier molecular flexibility index (Phi) is 24.3. The molecule has 358 valence electrons. The number of hydrogen-bond acceptors (Lipinski definition) is 6. The van der Waals surface area contributed by atoms with Crippen molar-refractivity contribution >= 4 is 23.6 Å². The number of carbonyl (C=O) groups is 4. The third-order valence-corrected chi connectivity index (χ3v) is 12.1. The van der Waals surface area contributed by atoms with Crippen molar-refractivity contribution in [1.29, 1.82) is 0 Å². The highest BCUT2D eigenvalue weighted by Gasteiger charge is 2.23. The summed E-state index contributed by atoms with van der Waals surface area (Å²) in [6, 6.07) is 36.0. The molecule has 0 saturated carbocycles. The number of amides is 4. The zero-order chi connectivity index (χ0) is 47.5. The van der Waals surface area contributed by atoms with E-state index in [9.17, 15) is 19.2 Å². The first-order valence-corrected chi connectivity index (χ1v) is 24.8. The Morgan fingerprint density at radius 3 is 1.30 bits per heavy atom. The van der Waals surface area contributed by atoms with Gasteiger partial charge in [0.15, 0.2) is 0 Å². The maximum atomic E-state index is 13.4. The Labute approximate surface area is 396 Å². The van der Waals surface area contributed by atoms with Gasteiger partial charge in [-0.25, -0.2) is 0 Å². The first-order chi connectivity index (χ1) is 31.9. The minimum absolute atomic E-state index is 0.138. The van der Waals surface area contributed by atoms with E-state index in [2.05, 4.69) is 108 Å². The lowest BCUT2D eigenvalue weighted by Crippen LogP contribution is -2.48. The minimum Gasteiger partial charge on any atom is -0.354 e. The molecule has 0 aliphatic rings. The molecule has 0 heterocycles. The average Bonchev–Trinajstić information content (AvgIpc) is 3.31. The summed E-state index contributed by atoms with van der Waals surface area (Å²) in [5, 5.41) is 19.0. The van der Waals surface area contributed by atoms with Crippen LogP contribution in [0.3, 0.4) is 0 Å². The van der Waals surface area contributed by atoms with E-state index >= 15 is 0 Å². The maximum absolute atomic E-state index is 13.4. The fourth-order valence-electron chi connectivity index (χ4n) is 8.00. The summed E-state index contributed by atoms with van der Waals surface area (Å²) >= 11 is 0. The number of hydrogen-bond donors (Lipinski definition) is 6. The molecule has 6 N–H and O–H groups in total. The highest BCUT2D eigenvalue weighted by Crippen LogP contribution is 2.22. The Morgan fingerprint density at radius 2 is 0.864 bits per heavy atom. The Hall–Kier alpha value is -5.32. The van der Waals surface area contributed by atoms with Crippen LogP contribution >= 0.6 is 0 Å². The summed E-state index contributed by atoms with van der Waals surface area (Å²) in [4.78, 5) is 52.9. The SMILES string of the molecule is CC(C)CCCCNC(=O)[C@@H](Cc1ccc(-c2ccccc2)cc1)NC(=O)CCNC(C)CCC(C)CCCCNC(=O)C(Cc1ccc(-c2ccccc2)cc1)NC(=O)CCNC(C)C. The minimum atomic E-state index is -0.656. The molecule has 4 atom stereocenters. The molecule has 4 aromatic carbocycles. The van der Waals surface area contributed by atoms with Crippen LogP contribution in [0.2, 0.25) is 0 Å². The molecule has 66 heavy (non-hydrogen) atoms. The molecule has 4 aromatic rings. The second-order valence-electron chi connectivity index (χ2n) is 18.9. The van der Waals surface area contributed by atoms with Crippen LogP contribution < -0.4 is 31.9 Å². The van der Waals surface area contributed by atoms with Gasteiger partial charge in [-0.15, -0.1) is 0 Å². The quantitative estimate of drug-likeness (QED) is 0.0279. The molecule has 0 radical (unpaired) electrons. The van der Waals surface area contributed by atoms with Crippen molar-refractivity contribution in [3.63, 3.8) is 0 Å². The summed E-state index contributed by atoms with van der Waals surface area (Å²) in [7, 11) is 0. The van der Waals surface area contributed by atoms with Crippen molar-refractivity contribution in [1.82, 2.24) is 31.9 Å². The van der Waals surface area contributed by atoms with Crippen LogP contribution in [0, 0.1) is 11.8 Å². The molecule has 0 fully saturated rings. The van der Waals surface area contributed by atoms with Gasteiger partial charge in [-0.3, -0.25) is 19.2 Å². The molecule has 0 bridgehead atoms. The van der Waals surface area contributed by atoms with Gasteiger partial charge in [0.25, 0.3) is 0 Å².